The fraction of sp³-hybridized carbons (Fsp3) is 0.600. The van der Waals surface area contributed by atoms with Crippen molar-refractivity contribution in [2.24, 2.45) is 5.92 Å². The van der Waals surface area contributed by atoms with Crippen molar-refractivity contribution in [3.05, 3.63) is 29.6 Å². The van der Waals surface area contributed by atoms with Crippen LogP contribution < -0.4 is 4.74 Å². The fourth-order valence-corrected chi connectivity index (χ4v) is 1.58. The van der Waals surface area contributed by atoms with Crippen LogP contribution in [0.3, 0.4) is 0 Å². The molecule has 1 atom stereocenters. The van der Waals surface area contributed by atoms with Gasteiger partial charge in [-0.3, -0.25) is 0 Å². The van der Waals surface area contributed by atoms with Crippen LogP contribution in [0.4, 0.5) is 4.39 Å². The molecule has 0 fully saturated rings. The minimum Gasteiger partial charge on any atom is -0.491 e. The summed E-state index contributed by atoms with van der Waals surface area (Å²) in [6.45, 7) is 7.43. The Morgan fingerprint density at radius 3 is 2.47 bits per heavy atom. The van der Waals surface area contributed by atoms with Crippen LogP contribution in [0.15, 0.2) is 18.2 Å². The number of rotatable bonds is 8. The molecule has 4 heteroatoms. The highest BCUT2D eigenvalue weighted by atomic mass is 19.1. The molecule has 19 heavy (non-hydrogen) atoms. The third-order valence-electron chi connectivity index (χ3n) is 2.76. The summed E-state index contributed by atoms with van der Waals surface area (Å²) in [5.41, 5.74) is 0.278. The fourth-order valence-electron chi connectivity index (χ4n) is 1.58. The molecule has 1 N–H and O–H groups in total. The van der Waals surface area contributed by atoms with E-state index in [1.165, 1.54) is 19.1 Å². The van der Waals surface area contributed by atoms with E-state index in [1.54, 1.807) is 6.07 Å². The summed E-state index contributed by atoms with van der Waals surface area (Å²) in [5, 5.41) is 9.31. The normalized spacial score (nSPS) is 12.7. The van der Waals surface area contributed by atoms with Gasteiger partial charge in [0.2, 0.25) is 0 Å². The average molecular weight is 270 g/mol. The molecule has 0 radical (unpaired) electrons. The van der Waals surface area contributed by atoms with Gasteiger partial charge in [0.05, 0.1) is 12.7 Å². The predicted octanol–water partition coefficient (Wildman–Crippen LogP) is 3.32. The van der Waals surface area contributed by atoms with Gasteiger partial charge in [-0.2, -0.15) is 0 Å². The van der Waals surface area contributed by atoms with Gasteiger partial charge < -0.3 is 14.6 Å². The van der Waals surface area contributed by atoms with Gasteiger partial charge in [-0.05, 0) is 31.4 Å². The van der Waals surface area contributed by atoms with Crippen molar-refractivity contribution in [2.75, 3.05) is 19.8 Å². The molecular formula is C15H23FO3. The van der Waals surface area contributed by atoms with Gasteiger partial charge in [0.25, 0.3) is 0 Å². The number of hydrogen-bond donors (Lipinski definition) is 1. The summed E-state index contributed by atoms with van der Waals surface area (Å²) in [7, 11) is 0. The molecule has 1 aromatic rings. The minimum atomic E-state index is -0.812. The first kappa shape index (κ1) is 15.9. The summed E-state index contributed by atoms with van der Waals surface area (Å²) in [5.74, 6) is 0.630. The number of ether oxygens (including phenoxy) is 2. The van der Waals surface area contributed by atoms with E-state index in [9.17, 15) is 9.50 Å². The minimum absolute atomic E-state index is 0.278. The molecular weight excluding hydrogens is 247 g/mol. The molecule has 0 saturated carbocycles. The predicted molar refractivity (Wildman–Crippen MR) is 72.8 cm³/mol. The van der Waals surface area contributed by atoms with Gasteiger partial charge >= 0.3 is 0 Å². The average Bonchev–Trinajstić information content (AvgIpc) is 2.32. The second-order valence-corrected chi connectivity index (χ2v) is 5.00. The maximum absolute atomic E-state index is 13.5. The topological polar surface area (TPSA) is 38.7 Å². The zero-order chi connectivity index (χ0) is 14.3. The second kappa shape index (κ2) is 8.12. The van der Waals surface area contributed by atoms with Gasteiger partial charge in [0.15, 0.2) is 0 Å². The van der Waals surface area contributed by atoms with E-state index >= 15 is 0 Å². The molecule has 0 aliphatic rings. The van der Waals surface area contributed by atoms with Crippen molar-refractivity contribution < 1.29 is 19.0 Å². The van der Waals surface area contributed by atoms with Crippen LogP contribution in [0.1, 0.15) is 38.9 Å². The van der Waals surface area contributed by atoms with Gasteiger partial charge in [0, 0.05) is 18.2 Å². The monoisotopic (exact) mass is 270 g/mol. The van der Waals surface area contributed by atoms with Crippen LogP contribution in [0.5, 0.6) is 5.75 Å². The summed E-state index contributed by atoms with van der Waals surface area (Å²) in [6, 6.07) is 4.48. The third kappa shape index (κ3) is 6.03. The third-order valence-corrected chi connectivity index (χ3v) is 2.76. The molecule has 0 heterocycles. The lowest BCUT2D eigenvalue weighted by Gasteiger charge is -2.10. The molecule has 0 aliphatic heterocycles. The van der Waals surface area contributed by atoms with Gasteiger partial charge in [0.1, 0.15) is 18.2 Å². The van der Waals surface area contributed by atoms with Crippen LogP contribution in [-0.4, -0.2) is 24.9 Å². The Hall–Kier alpha value is -1.13. The quantitative estimate of drug-likeness (QED) is 0.736. The Bertz CT molecular complexity index is 378. The van der Waals surface area contributed by atoms with E-state index in [2.05, 4.69) is 13.8 Å². The Balaban J connectivity index is 2.28. The van der Waals surface area contributed by atoms with Gasteiger partial charge in [-0.25, -0.2) is 4.39 Å². The highest BCUT2D eigenvalue weighted by Gasteiger charge is 2.08. The smallest absolute Gasteiger partial charge is 0.132 e. The molecule has 1 rings (SSSR count). The standard InChI is InChI=1S/C15H23FO3/c1-11(2)6-7-18-8-9-19-13-4-5-14(12(3)17)15(16)10-13/h4-5,10-12,17H,6-9H2,1-3H3/t12-/m0/s1. The lowest BCUT2D eigenvalue weighted by atomic mass is 10.1. The van der Waals surface area contributed by atoms with Crippen molar-refractivity contribution >= 4 is 0 Å². The molecule has 0 unspecified atom stereocenters. The van der Waals surface area contributed by atoms with Crippen molar-refractivity contribution in [1.29, 1.82) is 0 Å². The van der Waals surface area contributed by atoms with Gasteiger partial charge in [-0.1, -0.05) is 13.8 Å². The summed E-state index contributed by atoms with van der Waals surface area (Å²) in [4.78, 5) is 0. The van der Waals surface area contributed by atoms with Crippen LogP contribution >= 0.6 is 0 Å². The van der Waals surface area contributed by atoms with Crippen molar-refractivity contribution in [3.63, 3.8) is 0 Å². The first-order valence-electron chi connectivity index (χ1n) is 6.68. The number of benzene rings is 1. The number of halogens is 1. The van der Waals surface area contributed by atoms with Crippen molar-refractivity contribution in [2.45, 2.75) is 33.3 Å². The highest BCUT2D eigenvalue weighted by Crippen LogP contribution is 2.21. The molecule has 108 valence electrons. The van der Waals surface area contributed by atoms with E-state index in [0.717, 1.165) is 13.0 Å². The lowest BCUT2D eigenvalue weighted by molar-refractivity contribution is 0.0924. The Morgan fingerprint density at radius 1 is 1.16 bits per heavy atom. The Labute approximate surface area is 114 Å². The zero-order valence-electron chi connectivity index (χ0n) is 11.9. The van der Waals surface area contributed by atoms with Crippen molar-refractivity contribution in [1.82, 2.24) is 0 Å². The van der Waals surface area contributed by atoms with Crippen molar-refractivity contribution in [3.8, 4) is 5.75 Å². The molecule has 0 bridgehead atoms. The summed E-state index contributed by atoms with van der Waals surface area (Å²) in [6.07, 6.45) is 0.214. The zero-order valence-corrected chi connectivity index (χ0v) is 11.9. The lowest BCUT2D eigenvalue weighted by Crippen LogP contribution is -2.09. The number of hydrogen-bond acceptors (Lipinski definition) is 3. The second-order valence-electron chi connectivity index (χ2n) is 5.00. The van der Waals surface area contributed by atoms with E-state index in [0.29, 0.717) is 24.9 Å². The number of aliphatic hydroxyl groups is 1. The molecule has 0 spiro atoms. The summed E-state index contributed by atoms with van der Waals surface area (Å²) < 4.78 is 24.3. The largest absolute Gasteiger partial charge is 0.491 e. The van der Waals surface area contributed by atoms with Crippen LogP contribution in [0.2, 0.25) is 0 Å². The Kier molecular flexibility index (Phi) is 6.81. The molecule has 1 aromatic carbocycles. The molecule has 0 amide bonds. The Morgan fingerprint density at radius 2 is 1.89 bits per heavy atom. The molecule has 0 aromatic heterocycles. The van der Waals surface area contributed by atoms with Crippen LogP contribution in [-0.2, 0) is 4.74 Å². The first-order chi connectivity index (χ1) is 9.00. The maximum Gasteiger partial charge on any atom is 0.132 e. The van der Waals surface area contributed by atoms with Crippen LogP contribution in [0, 0.1) is 11.7 Å². The first-order valence-corrected chi connectivity index (χ1v) is 6.68. The highest BCUT2D eigenvalue weighted by molar-refractivity contribution is 5.29. The molecule has 0 saturated heterocycles. The maximum atomic E-state index is 13.5. The van der Waals surface area contributed by atoms with E-state index < -0.39 is 11.9 Å². The van der Waals surface area contributed by atoms with E-state index in [4.69, 9.17) is 9.47 Å². The van der Waals surface area contributed by atoms with E-state index in [1.807, 2.05) is 0 Å². The number of aliphatic hydroxyl groups excluding tert-OH is 1. The van der Waals surface area contributed by atoms with E-state index in [-0.39, 0.29) is 5.56 Å². The van der Waals surface area contributed by atoms with Gasteiger partial charge in [-0.15, -0.1) is 0 Å². The molecule has 0 aliphatic carbocycles. The van der Waals surface area contributed by atoms with Crippen LogP contribution in [0.25, 0.3) is 0 Å². The SMILES string of the molecule is CC(C)CCOCCOc1ccc([C@H](C)O)c(F)c1. The molecule has 3 nitrogen and oxygen atoms in total. The summed E-state index contributed by atoms with van der Waals surface area (Å²) >= 11 is 0.